The Hall–Kier alpha value is -0.209. The molecule has 0 amide bonds. The number of benzene rings is 1. The number of hydrogen-bond donors (Lipinski definition) is 0. The van der Waals surface area contributed by atoms with Gasteiger partial charge in [-0.3, -0.25) is 0 Å². The summed E-state index contributed by atoms with van der Waals surface area (Å²) in [5.74, 6) is 0. The second kappa shape index (κ2) is 19.8. The van der Waals surface area contributed by atoms with Crippen molar-refractivity contribution in [2.75, 3.05) is 20.3 Å². The number of rotatable bonds is 24. The van der Waals surface area contributed by atoms with Gasteiger partial charge in [0.25, 0.3) is 0 Å². The largest absolute Gasteiger partial charge is 0.420 e. The average molecular weight is 579 g/mol. The molecule has 1 aromatic rings. The molecule has 0 unspecified atom stereocenters. The van der Waals surface area contributed by atoms with Gasteiger partial charge in [0.1, 0.15) is 0 Å². The summed E-state index contributed by atoms with van der Waals surface area (Å²) in [5, 5.41) is 3.33. The summed E-state index contributed by atoms with van der Waals surface area (Å²) in [7, 11) is -2.10. The molecule has 0 atom stereocenters. The molecule has 5 heteroatoms. The minimum atomic E-state index is -1.35. The smallest absolute Gasteiger partial charge is 0.186 e. The van der Waals surface area contributed by atoms with Crippen LogP contribution in [0.5, 0.6) is 0 Å². The maximum absolute atomic E-state index is 5.68. The Labute approximate surface area is 242 Å². The van der Waals surface area contributed by atoms with Gasteiger partial charge in [-0.05, 0) is 32.5 Å². The van der Waals surface area contributed by atoms with Crippen molar-refractivity contribution in [3.8, 4) is 0 Å². The molecule has 222 valence electrons. The lowest BCUT2D eigenvalue weighted by Crippen LogP contribution is -2.45. The summed E-state index contributed by atoms with van der Waals surface area (Å²) in [5.41, 5.74) is 0. The van der Waals surface area contributed by atoms with E-state index >= 15 is 0 Å². The van der Waals surface area contributed by atoms with E-state index in [1.54, 1.807) is 10.4 Å². The first-order valence-corrected chi connectivity index (χ1v) is 25.8. The van der Waals surface area contributed by atoms with Gasteiger partial charge in [-0.15, -0.1) is 0 Å². The van der Waals surface area contributed by atoms with Gasteiger partial charge in [-0.1, -0.05) is 156 Å². The highest BCUT2D eigenvalue weighted by Gasteiger charge is 2.26. The molecule has 0 fully saturated rings. The normalized spacial score (nSPS) is 12.8. The van der Waals surface area contributed by atoms with Crippen molar-refractivity contribution >= 4 is 34.8 Å². The van der Waals surface area contributed by atoms with Crippen LogP contribution in [0.15, 0.2) is 24.3 Å². The topological polar surface area (TPSA) is 18.5 Å². The zero-order chi connectivity index (χ0) is 28.3. The summed E-state index contributed by atoms with van der Waals surface area (Å²) in [4.78, 5) is 0. The molecule has 2 nitrogen and oxygen atoms in total. The highest BCUT2D eigenvalue weighted by Crippen LogP contribution is 2.20. The highest BCUT2D eigenvalue weighted by molar-refractivity contribution is 6.91. The molecule has 0 N–H and O–H groups in total. The first kappa shape index (κ1) is 35.8. The third-order valence-electron chi connectivity index (χ3n) is 8.88. The van der Waals surface area contributed by atoms with Gasteiger partial charge < -0.3 is 9.16 Å². The van der Waals surface area contributed by atoms with Gasteiger partial charge in [0, 0.05) is 20.3 Å². The monoisotopic (exact) mass is 578 g/mol. The third kappa shape index (κ3) is 16.2. The molecular formula is C33H66O2Si3. The van der Waals surface area contributed by atoms with Crippen LogP contribution in [0.25, 0.3) is 0 Å². The van der Waals surface area contributed by atoms with Crippen LogP contribution in [0.2, 0.25) is 57.4 Å². The quantitative estimate of drug-likeness (QED) is 0.0897. The standard InChI is InChI=1S/C33H66O2Si3/c1-9-35-28-20-16-12-10-11-13-17-21-29-36(3,4)32-24-26-33(27-25-32)37(5,6)30-22-18-14-15-19-23-31-38(7,8)34-2/h24-27H,9-23,28-31H2,1-8H3. The van der Waals surface area contributed by atoms with E-state index in [1.165, 1.54) is 108 Å². The van der Waals surface area contributed by atoms with E-state index in [-0.39, 0.29) is 0 Å². The van der Waals surface area contributed by atoms with Gasteiger partial charge in [-0.2, -0.15) is 0 Å². The summed E-state index contributed by atoms with van der Waals surface area (Å²) >= 11 is 0. The van der Waals surface area contributed by atoms with Crippen molar-refractivity contribution in [3.05, 3.63) is 24.3 Å². The maximum Gasteiger partial charge on any atom is 0.186 e. The van der Waals surface area contributed by atoms with Crippen LogP contribution in [-0.4, -0.2) is 44.8 Å². The summed E-state index contributed by atoms with van der Waals surface area (Å²) in [6.07, 6.45) is 19.4. The molecule has 0 aliphatic carbocycles. The zero-order valence-electron chi connectivity index (χ0n) is 27.1. The zero-order valence-corrected chi connectivity index (χ0v) is 30.1. The maximum atomic E-state index is 5.68. The summed E-state index contributed by atoms with van der Waals surface area (Å²) in [6, 6.07) is 14.3. The van der Waals surface area contributed by atoms with E-state index in [0.717, 1.165) is 13.2 Å². The number of unbranched alkanes of at least 4 members (excludes halogenated alkanes) is 12. The van der Waals surface area contributed by atoms with Crippen molar-refractivity contribution in [3.63, 3.8) is 0 Å². The van der Waals surface area contributed by atoms with Crippen molar-refractivity contribution in [1.82, 2.24) is 0 Å². The molecule has 1 aromatic carbocycles. The predicted octanol–water partition coefficient (Wildman–Crippen LogP) is 9.87. The highest BCUT2D eigenvalue weighted by atomic mass is 28.4. The fourth-order valence-corrected chi connectivity index (χ4v) is 11.9. The second-order valence-corrected chi connectivity index (χ2v) is 27.8. The molecule has 0 aliphatic rings. The lowest BCUT2D eigenvalue weighted by atomic mass is 10.1. The fraction of sp³-hybridized carbons (Fsp3) is 0.818. The van der Waals surface area contributed by atoms with Crippen LogP contribution < -0.4 is 10.4 Å². The average Bonchev–Trinajstić information content (AvgIpc) is 2.88. The van der Waals surface area contributed by atoms with Crippen LogP contribution in [-0.2, 0) is 9.16 Å². The first-order valence-electron chi connectivity index (χ1n) is 16.3. The van der Waals surface area contributed by atoms with Gasteiger partial charge in [0.15, 0.2) is 8.32 Å². The minimum Gasteiger partial charge on any atom is -0.420 e. The molecular weight excluding hydrogens is 513 g/mol. The summed E-state index contributed by atoms with van der Waals surface area (Å²) in [6.45, 7) is 18.9. The van der Waals surface area contributed by atoms with E-state index in [0.29, 0.717) is 0 Å². The molecule has 0 heterocycles. The van der Waals surface area contributed by atoms with Crippen molar-refractivity contribution in [2.45, 2.75) is 154 Å². The Morgan fingerprint density at radius 3 is 1.21 bits per heavy atom. The molecule has 0 aromatic heterocycles. The Bertz CT molecular complexity index is 701. The lowest BCUT2D eigenvalue weighted by molar-refractivity contribution is 0.143. The van der Waals surface area contributed by atoms with Gasteiger partial charge in [0.05, 0.1) is 16.1 Å². The SMILES string of the molecule is CCOCCCCCCCCCC[Si](C)(C)c1ccc([Si](C)(C)CCCCCCCC[Si](C)(C)OC)cc1. The van der Waals surface area contributed by atoms with Crippen molar-refractivity contribution < 1.29 is 9.16 Å². The van der Waals surface area contributed by atoms with E-state index in [4.69, 9.17) is 9.16 Å². The first-order chi connectivity index (χ1) is 18.0. The van der Waals surface area contributed by atoms with Gasteiger partial charge in [0.2, 0.25) is 0 Å². The van der Waals surface area contributed by atoms with Crippen molar-refractivity contribution in [1.29, 1.82) is 0 Å². The van der Waals surface area contributed by atoms with Crippen molar-refractivity contribution in [2.24, 2.45) is 0 Å². The molecule has 0 radical (unpaired) electrons. The molecule has 38 heavy (non-hydrogen) atoms. The number of hydrogen-bond acceptors (Lipinski definition) is 2. The Balaban J connectivity index is 2.25. The van der Waals surface area contributed by atoms with Crippen LogP contribution in [0.3, 0.4) is 0 Å². The Kier molecular flexibility index (Phi) is 18.7. The second-order valence-electron chi connectivity index (χ2n) is 13.7. The third-order valence-corrected chi connectivity index (χ3v) is 18.5. The van der Waals surface area contributed by atoms with E-state index in [1.807, 2.05) is 7.11 Å². The number of ether oxygens (including phenoxy) is 1. The molecule has 0 aliphatic heterocycles. The minimum absolute atomic E-state index is 0.861. The van der Waals surface area contributed by atoms with E-state index < -0.39 is 24.5 Å². The van der Waals surface area contributed by atoms with E-state index in [9.17, 15) is 0 Å². The Morgan fingerprint density at radius 1 is 0.500 bits per heavy atom. The lowest BCUT2D eigenvalue weighted by Gasteiger charge is -2.26. The van der Waals surface area contributed by atoms with E-state index in [2.05, 4.69) is 70.5 Å². The molecule has 1 rings (SSSR count). The fourth-order valence-electron chi connectivity index (χ4n) is 5.56. The molecule has 0 saturated heterocycles. The molecule has 0 bridgehead atoms. The van der Waals surface area contributed by atoms with Gasteiger partial charge >= 0.3 is 0 Å². The molecule has 0 spiro atoms. The predicted molar refractivity (Wildman–Crippen MR) is 181 cm³/mol. The van der Waals surface area contributed by atoms with Crippen LogP contribution in [0.4, 0.5) is 0 Å². The molecule has 0 saturated carbocycles. The summed E-state index contributed by atoms with van der Waals surface area (Å²) < 4.78 is 11.1. The van der Waals surface area contributed by atoms with Crippen LogP contribution in [0, 0.1) is 0 Å². The van der Waals surface area contributed by atoms with Crippen LogP contribution >= 0.6 is 0 Å². The Morgan fingerprint density at radius 2 is 0.842 bits per heavy atom. The van der Waals surface area contributed by atoms with Crippen LogP contribution in [0.1, 0.15) is 96.8 Å². The van der Waals surface area contributed by atoms with Gasteiger partial charge in [-0.25, -0.2) is 0 Å².